The predicted octanol–water partition coefficient (Wildman–Crippen LogP) is 6.29. The molecule has 1 aliphatic rings. The second kappa shape index (κ2) is 9.51. The summed E-state index contributed by atoms with van der Waals surface area (Å²) in [6.45, 7) is 13.6. The molecule has 1 N–H and O–H groups in total. The molecule has 0 amide bonds. The molecule has 0 bridgehead atoms. The van der Waals surface area contributed by atoms with Gasteiger partial charge in [-0.3, -0.25) is 4.98 Å². The number of nitrogens with zero attached hydrogens (tertiary/aromatic N) is 2. The maximum atomic E-state index is 12.5. The van der Waals surface area contributed by atoms with Crippen LogP contribution in [0.1, 0.15) is 64.8 Å². The van der Waals surface area contributed by atoms with Gasteiger partial charge in [-0.15, -0.1) is 0 Å². The van der Waals surface area contributed by atoms with Crippen molar-refractivity contribution in [3.63, 3.8) is 0 Å². The molecule has 1 saturated heterocycles. The molecule has 6 nitrogen and oxygen atoms in total. The summed E-state index contributed by atoms with van der Waals surface area (Å²) >= 11 is 6.45. The minimum absolute atomic E-state index is 0.237. The lowest BCUT2D eigenvalue weighted by atomic mass is 9.82. The summed E-state index contributed by atoms with van der Waals surface area (Å²) in [5.74, 6) is -0.499. The van der Waals surface area contributed by atoms with E-state index < -0.39 is 17.7 Å². The molecule has 7 heteroatoms. The minimum Gasteiger partial charge on any atom is -0.495 e. The molecule has 33 heavy (non-hydrogen) atoms. The number of para-hydroxylation sites is 1. The largest absolute Gasteiger partial charge is 0.495 e. The van der Waals surface area contributed by atoms with Crippen LogP contribution in [0.25, 0.3) is 11.1 Å². The summed E-state index contributed by atoms with van der Waals surface area (Å²) in [5.41, 5.74) is 3.20. The summed E-state index contributed by atoms with van der Waals surface area (Å²) in [7, 11) is 1.58. The van der Waals surface area contributed by atoms with E-state index in [1.165, 1.54) is 0 Å². The molecule has 1 fully saturated rings. The van der Waals surface area contributed by atoms with Crippen molar-refractivity contribution in [3.05, 3.63) is 40.7 Å². The number of rotatable bonds is 6. The molecule has 0 saturated carbocycles. The van der Waals surface area contributed by atoms with Gasteiger partial charge in [-0.1, -0.05) is 37.6 Å². The number of carboxylic acids is 1. The van der Waals surface area contributed by atoms with Crippen LogP contribution in [0.2, 0.25) is 5.02 Å². The summed E-state index contributed by atoms with van der Waals surface area (Å²) in [6, 6.07) is 5.57. The van der Waals surface area contributed by atoms with Gasteiger partial charge in [-0.25, -0.2) is 4.79 Å². The van der Waals surface area contributed by atoms with Gasteiger partial charge in [0, 0.05) is 41.7 Å². The van der Waals surface area contributed by atoms with E-state index in [-0.39, 0.29) is 5.41 Å². The Morgan fingerprint density at radius 3 is 2.39 bits per heavy atom. The van der Waals surface area contributed by atoms with Gasteiger partial charge in [-0.05, 0) is 52.0 Å². The standard InChI is InChI=1S/C26H35ClN2O4/c1-16-20(23(24(30)31)33-25(2,3)4)21(29-13-11-26(5,6)12-14-29)18(15-28-16)17-9-8-10-19(27)22(17)32-7/h8-10,15,23H,11-14H2,1-7H3,(H,30,31). The Morgan fingerprint density at radius 2 is 1.85 bits per heavy atom. The van der Waals surface area contributed by atoms with Gasteiger partial charge in [0.05, 0.1) is 23.4 Å². The molecule has 2 aromatic rings. The third kappa shape index (κ3) is 5.61. The van der Waals surface area contributed by atoms with Crippen molar-refractivity contribution in [1.82, 2.24) is 4.98 Å². The molecule has 1 atom stereocenters. The third-order valence-electron chi connectivity index (χ3n) is 6.14. The van der Waals surface area contributed by atoms with E-state index >= 15 is 0 Å². The van der Waals surface area contributed by atoms with Crippen molar-refractivity contribution < 1.29 is 19.4 Å². The molecule has 3 rings (SSSR count). The Kier molecular flexibility index (Phi) is 7.30. The summed E-state index contributed by atoms with van der Waals surface area (Å²) in [5, 5.41) is 10.7. The number of aryl methyl sites for hydroxylation is 1. The normalized spacial score (nSPS) is 17.0. The van der Waals surface area contributed by atoms with Gasteiger partial charge in [0.15, 0.2) is 6.10 Å². The average molecular weight is 475 g/mol. The third-order valence-corrected chi connectivity index (χ3v) is 6.44. The quantitative estimate of drug-likeness (QED) is 0.530. The zero-order valence-corrected chi connectivity index (χ0v) is 21.4. The number of carboxylic acid groups (broad SMARTS) is 1. The van der Waals surface area contributed by atoms with Crippen LogP contribution in [-0.2, 0) is 9.53 Å². The Hall–Kier alpha value is -2.31. The predicted molar refractivity (Wildman–Crippen MR) is 132 cm³/mol. The number of hydrogen-bond acceptors (Lipinski definition) is 5. The van der Waals surface area contributed by atoms with Gasteiger partial charge < -0.3 is 19.5 Å². The lowest BCUT2D eigenvalue weighted by molar-refractivity contribution is -0.160. The zero-order valence-electron chi connectivity index (χ0n) is 20.7. The number of piperidine rings is 1. The molecular weight excluding hydrogens is 440 g/mol. The first-order chi connectivity index (χ1) is 15.3. The fourth-order valence-corrected chi connectivity index (χ4v) is 4.56. The number of anilines is 1. The summed E-state index contributed by atoms with van der Waals surface area (Å²) in [6.07, 6.45) is 2.63. The van der Waals surface area contributed by atoms with E-state index in [1.54, 1.807) is 19.4 Å². The number of benzene rings is 1. The van der Waals surface area contributed by atoms with Crippen molar-refractivity contribution in [2.45, 2.75) is 66.1 Å². The van der Waals surface area contributed by atoms with Crippen LogP contribution < -0.4 is 9.64 Å². The van der Waals surface area contributed by atoms with Crippen LogP contribution in [0.4, 0.5) is 5.69 Å². The van der Waals surface area contributed by atoms with Crippen molar-refractivity contribution >= 4 is 23.3 Å². The number of hydrogen-bond donors (Lipinski definition) is 1. The second-order valence-electron chi connectivity index (χ2n) is 10.4. The topological polar surface area (TPSA) is 71.9 Å². The summed E-state index contributed by atoms with van der Waals surface area (Å²) in [4.78, 5) is 19.4. The maximum absolute atomic E-state index is 12.5. The van der Waals surface area contributed by atoms with E-state index in [4.69, 9.17) is 21.1 Å². The first-order valence-corrected chi connectivity index (χ1v) is 11.7. The smallest absolute Gasteiger partial charge is 0.337 e. The zero-order chi connectivity index (χ0) is 24.6. The molecule has 0 spiro atoms. The number of ether oxygens (including phenoxy) is 2. The maximum Gasteiger partial charge on any atom is 0.337 e. The number of methoxy groups -OCH3 is 1. The van der Waals surface area contributed by atoms with Gasteiger partial charge in [-0.2, -0.15) is 0 Å². The number of aromatic nitrogens is 1. The molecule has 1 aromatic heterocycles. The highest BCUT2D eigenvalue weighted by atomic mass is 35.5. The first kappa shape index (κ1) is 25.3. The minimum atomic E-state index is -1.16. The van der Waals surface area contributed by atoms with Crippen LogP contribution in [0, 0.1) is 12.3 Å². The van der Waals surface area contributed by atoms with Crippen LogP contribution >= 0.6 is 11.6 Å². The van der Waals surface area contributed by atoms with Crippen molar-refractivity contribution in [2.24, 2.45) is 5.41 Å². The molecule has 0 radical (unpaired) electrons. The Bertz CT molecular complexity index is 1020. The fourth-order valence-electron chi connectivity index (χ4n) is 4.31. The van der Waals surface area contributed by atoms with Gasteiger partial charge in [0.1, 0.15) is 5.75 Å². The Labute approximate surface area is 201 Å². The van der Waals surface area contributed by atoms with Crippen molar-refractivity contribution in [2.75, 3.05) is 25.1 Å². The number of halogens is 1. The van der Waals surface area contributed by atoms with Crippen LogP contribution in [0.5, 0.6) is 5.75 Å². The van der Waals surface area contributed by atoms with E-state index in [1.807, 2.05) is 39.8 Å². The van der Waals surface area contributed by atoms with E-state index in [0.717, 1.165) is 42.7 Å². The van der Waals surface area contributed by atoms with E-state index in [9.17, 15) is 9.90 Å². The molecule has 0 aliphatic carbocycles. The highest BCUT2D eigenvalue weighted by Gasteiger charge is 2.36. The van der Waals surface area contributed by atoms with Gasteiger partial charge in [0.2, 0.25) is 0 Å². The first-order valence-electron chi connectivity index (χ1n) is 11.3. The van der Waals surface area contributed by atoms with E-state index in [2.05, 4.69) is 23.7 Å². The van der Waals surface area contributed by atoms with Crippen LogP contribution in [0.3, 0.4) is 0 Å². The Balaban J connectivity index is 2.30. The number of aliphatic carboxylic acids is 1. The average Bonchev–Trinajstić information content (AvgIpc) is 2.71. The summed E-state index contributed by atoms with van der Waals surface area (Å²) < 4.78 is 11.7. The van der Waals surface area contributed by atoms with Crippen LogP contribution in [0.15, 0.2) is 24.4 Å². The lowest BCUT2D eigenvalue weighted by Gasteiger charge is -2.41. The second-order valence-corrected chi connectivity index (χ2v) is 10.8. The molecular formula is C26H35ClN2O4. The van der Waals surface area contributed by atoms with E-state index in [0.29, 0.717) is 22.0 Å². The van der Waals surface area contributed by atoms with Crippen molar-refractivity contribution in [3.8, 4) is 16.9 Å². The Morgan fingerprint density at radius 1 is 1.21 bits per heavy atom. The van der Waals surface area contributed by atoms with Gasteiger partial charge >= 0.3 is 5.97 Å². The van der Waals surface area contributed by atoms with Crippen molar-refractivity contribution in [1.29, 1.82) is 0 Å². The molecule has 1 aromatic carbocycles. The van der Waals surface area contributed by atoms with Gasteiger partial charge in [0.25, 0.3) is 0 Å². The highest BCUT2D eigenvalue weighted by molar-refractivity contribution is 6.32. The number of carbonyl (C=O) groups is 1. The number of pyridine rings is 1. The van der Waals surface area contributed by atoms with Crippen LogP contribution in [-0.4, -0.2) is 41.9 Å². The monoisotopic (exact) mass is 474 g/mol. The highest BCUT2D eigenvalue weighted by Crippen LogP contribution is 2.46. The molecule has 1 unspecified atom stereocenters. The fraction of sp³-hybridized carbons (Fsp3) is 0.538. The lowest BCUT2D eigenvalue weighted by Crippen LogP contribution is -2.39. The molecule has 1 aliphatic heterocycles. The molecule has 180 valence electrons. The molecule has 2 heterocycles. The SMILES string of the molecule is COc1c(Cl)cccc1-c1cnc(C)c(C(OC(C)(C)C)C(=O)O)c1N1CCC(C)(C)CC1.